The molecular weight excluding hydrogens is 286 g/mol. The number of hydrogen-bond acceptors (Lipinski definition) is 1. The van der Waals surface area contributed by atoms with Crippen LogP contribution in [-0.2, 0) is 5.41 Å². The van der Waals surface area contributed by atoms with Crippen molar-refractivity contribution in [3.63, 3.8) is 0 Å². The fraction of sp³-hybridized carbons (Fsp3) is 0.625. The molecule has 1 aromatic carbocycles. The summed E-state index contributed by atoms with van der Waals surface area (Å²) in [6.45, 7) is 12.3. The summed E-state index contributed by atoms with van der Waals surface area (Å²) in [6.07, 6.45) is 2.30. The van der Waals surface area contributed by atoms with Crippen LogP contribution in [0.3, 0.4) is 0 Å². The monoisotopic (exact) mass is 311 g/mol. The second-order valence-electron chi connectivity index (χ2n) is 6.07. The molecule has 0 amide bonds. The van der Waals surface area contributed by atoms with Crippen LogP contribution in [0, 0.1) is 0 Å². The van der Waals surface area contributed by atoms with Crippen molar-refractivity contribution < 1.29 is 0 Å². The van der Waals surface area contributed by atoms with E-state index in [4.69, 9.17) is 0 Å². The van der Waals surface area contributed by atoms with Crippen LogP contribution in [0.2, 0.25) is 0 Å². The highest BCUT2D eigenvalue weighted by Gasteiger charge is 2.31. The molecule has 2 heteroatoms. The molecule has 0 aliphatic rings. The van der Waals surface area contributed by atoms with E-state index in [2.05, 4.69) is 80.1 Å². The van der Waals surface area contributed by atoms with E-state index >= 15 is 0 Å². The first-order valence-electron chi connectivity index (χ1n) is 6.84. The van der Waals surface area contributed by atoms with E-state index in [0.29, 0.717) is 0 Å². The number of rotatable bonds is 5. The van der Waals surface area contributed by atoms with Gasteiger partial charge in [0.2, 0.25) is 0 Å². The molecular formula is C16H26BrN. The van der Waals surface area contributed by atoms with Gasteiger partial charge in [-0.3, -0.25) is 0 Å². The van der Waals surface area contributed by atoms with Crippen molar-refractivity contribution in [1.29, 1.82) is 0 Å². The normalized spacial score (nSPS) is 12.8. The van der Waals surface area contributed by atoms with Crippen LogP contribution in [0.15, 0.2) is 28.7 Å². The van der Waals surface area contributed by atoms with Gasteiger partial charge >= 0.3 is 0 Å². The number of hydrogen-bond donors (Lipinski definition) is 1. The Morgan fingerprint density at radius 1 is 1.06 bits per heavy atom. The summed E-state index contributed by atoms with van der Waals surface area (Å²) in [6, 6.07) is 8.62. The standard InChI is InChI=1S/C16H26BrN/c1-6-16(7-2,12-18-15(3,4)5)13-10-8-9-11-14(13)17/h8-11,18H,6-7,12H2,1-5H3. The van der Waals surface area contributed by atoms with Gasteiger partial charge in [-0.05, 0) is 45.2 Å². The van der Waals surface area contributed by atoms with Crippen molar-refractivity contribution in [2.75, 3.05) is 6.54 Å². The lowest BCUT2D eigenvalue weighted by molar-refractivity contribution is 0.312. The molecule has 18 heavy (non-hydrogen) atoms. The van der Waals surface area contributed by atoms with Crippen LogP contribution in [-0.4, -0.2) is 12.1 Å². The molecule has 1 rings (SSSR count). The molecule has 0 aliphatic carbocycles. The van der Waals surface area contributed by atoms with Gasteiger partial charge in [0.15, 0.2) is 0 Å². The topological polar surface area (TPSA) is 12.0 Å². The molecule has 0 aromatic heterocycles. The van der Waals surface area contributed by atoms with Crippen LogP contribution < -0.4 is 5.32 Å². The van der Waals surface area contributed by atoms with E-state index in [1.807, 2.05) is 0 Å². The zero-order valence-corrected chi connectivity index (χ0v) is 13.9. The summed E-state index contributed by atoms with van der Waals surface area (Å²) in [5.74, 6) is 0. The minimum absolute atomic E-state index is 0.164. The zero-order valence-electron chi connectivity index (χ0n) is 12.3. The van der Waals surface area contributed by atoms with Gasteiger partial charge in [0.1, 0.15) is 0 Å². The third-order valence-electron chi connectivity index (χ3n) is 3.76. The third-order valence-corrected chi connectivity index (χ3v) is 4.45. The second kappa shape index (κ2) is 6.21. The minimum atomic E-state index is 0.164. The molecule has 0 fully saturated rings. The highest BCUT2D eigenvalue weighted by atomic mass is 79.9. The van der Waals surface area contributed by atoms with E-state index in [9.17, 15) is 0 Å². The molecule has 0 bridgehead atoms. The lowest BCUT2D eigenvalue weighted by Crippen LogP contribution is -2.45. The fourth-order valence-corrected chi connectivity index (χ4v) is 3.01. The summed E-state index contributed by atoms with van der Waals surface area (Å²) >= 11 is 3.71. The van der Waals surface area contributed by atoms with Crippen LogP contribution in [0.5, 0.6) is 0 Å². The SMILES string of the molecule is CCC(CC)(CNC(C)(C)C)c1ccccc1Br. The minimum Gasteiger partial charge on any atom is -0.311 e. The predicted octanol–water partition coefficient (Wildman–Crippen LogP) is 4.90. The molecule has 0 saturated carbocycles. The molecule has 102 valence electrons. The summed E-state index contributed by atoms with van der Waals surface area (Å²) in [5, 5.41) is 3.67. The molecule has 0 heterocycles. The first kappa shape index (κ1) is 15.7. The second-order valence-corrected chi connectivity index (χ2v) is 6.93. The maximum Gasteiger partial charge on any atom is 0.0213 e. The lowest BCUT2D eigenvalue weighted by Gasteiger charge is -2.36. The maximum atomic E-state index is 3.71. The quantitative estimate of drug-likeness (QED) is 0.816. The fourth-order valence-electron chi connectivity index (χ4n) is 2.30. The van der Waals surface area contributed by atoms with E-state index in [-0.39, 0.29) is 11.0 Å². The van der Waals surface area contributed by atoms with Crippen LogP contribution in [0.4, 0.5) is 0 Å². The Hall–Kier alpha value is -0.340. The number of benzene rings is 1. The van der Waals surface area contributed by atoms with Crippen LogP contribution in [0.1, 0.15) is 53.0 Å². The molecule has 0 saturated heterocycles. The predicted molar refractivity (Wildman–Crippen MR) is 84.2 cm³/mol. The Kier molecular flexibility index (Phi) is 5.42. The molecule has 0 unspecified atom stereocenters. The van der Waals surface area contributed by atoms with Gasteiger partial charge < -0.3 is 5.32 Å². The van der Waals surface area contributed by atoms with E-state index in [0.717, 1.165) is 19.4 Å². The van der Waals surface area contributed by atoms with Crippen molar-refractivity contribution in [1.82, 2.24) is 5.32 Å². The van der Waals surface area contributed by atoms with Crippen molar-refractivity contribution in [2.45, 2.75) is 58.4 Å². The molecule has 1 nitrogen and oxygen atoms in total. The van der Waals surface area contributed by atoms with Crippen molar-refractivity contribution >= 4 is 15.9 Å². The highest BCUT2D eigenvalue weighted by Crippen LogP contribution is 2.36. The van der Waals surface area contributed by atoms with Gasteiger partial charge in [0.25, 0.3) is 0 Å². The van der Waals surface area contributed by atoms with Gasteiger partial charge in [0.05, 0.1) is 0 Å². The van der Waals surface area contributed by atoms with Crippen molar-refractivity contribution in [3.8, 4) is 0 Å². The Bertz CT molecular complexity index is 375. The summed E-state index contributed by atoms with van der Waals surface area (Å²) < 4.78 is 1.23. The van der Waals surface area contributed by atoms with Gasteiger partial charge in [-0.1, -0.05) is 48.0 Å². The van der Waals surface area contributed by atoms with Crippen molar-refractivity contribution in [2.24, 2.45) is 0 Å². The lowest BCUT2D eigenvalue weighted by atomic mass is 9.75. The Morgan fingerprint density at radius 3 is 2.06 bits per heavy atom. The van der Waals surface area contributed by atoms with Crippen molar-refractivity contribution in [3.05, 3.63) is 34.3 Å². The van der Waals surface area contributed by atoms with Gasteiger partial charge in [0, 0.05) is 22.0 Å². The number of halogens is 1. The van der Waals surface area contributed by atoms with Gasteiger partial charge in [-0.2, -0.15) is 0 Å². The van der Waals surface area contributed by atoms with Gasteiger partial charge in [-0.15, -0.1) is 0 Å². The molecule has 0 atom stereocenters. The zero-order chi connectivity index (χ0) is 13.8. The van der Waals surface area contributed by atoms with Crippen LogP contribution >= 0.6 is 15.9 Å². The average molecular weight is 312 g/mol. The van der Waals surface area contributed by atoms with E-state index in [1.165, 1.54) is 10.0 Å². The summed E-state index contributed by atoms with van der Waals surface area (Å²) in [4.78, 5) is 0. The Labute approximate surface area is 120 Å². The van der Waals surface area contributed by atoms with Gasteiger partial charge in [-0.25, -0.2) is 0 Å². The maximum absolute atomic E-state index is 3.71. The Balaban J connectivity index is 3.04. The van der Waals surface area contributed by atoms with Crippen LogP contribution in [0.25, 0.3) is 0 Å². The highest BCUT2D eigenvalue weighted by molar-refractivity contribution is 9.10. The first-order chi connectivity index (χ1) is 8.34. The molecule has 0 radical (unpaired) electrons. The number of nitrogens with one attached hydrogen (secondary N) is 1. The molecule has 1 aromatic rings. The van der Waals surface area contributed by atoms with E-state index in [1.54, 1.807) is 0 Å². The largest absolute Gasteiger partial charge is 0.311 e. The molecule has 0 aliphatic heterocycles. The summed E-state index contributed by atoms with van der Waals surface area (Å²) in [7, 11) is 0. The summed E-state index contributed by atoms with van der Waals surface area (Å²) in [5.41, 5.74) is 1.80. The average Bonchev–Trinajstić information content (AvgIpc) is 2.31. The third kappa shape index (κ3) is 3.83. The Morgan fingerprint density at radius 2 is 1.61 bits per heavy atom. The first-order valence-corrected chi connectivity index (χ1v) is 7.64. The van der Waals surface area contributed by atoms with E-state index < -0.39 is 0 Å². The molecule has 0 spiro atoms. The molecule has 1 N–H and O–H groups in total. The smallest absolute Gasteiger partial charge is 0.0213 e.